The van der Waals surface area contributed by atoms with Gasteiger partial charge in [-0.05, 0) is 116 Å². The molecule has 34 heteroatoms. The summed E-state index contributed by atoms with van der Waals surface area (Å²) in [6.07, 6.45) is -45.9. The first-order valence-corrected chi connectivity index (χ1v) is 36.4. The quantitative estimate of drug-likeness (QED) is 0.0367. The molecule has 7 heterocycles. The summed E-state index contributed by atoms with van der Waals surface area (Å²) in [7, 11) is 0. The van der Waals surface area contributed by atoms with Gasteiger partial charge in [0.05, 0.1) is 57.3 Å². The van der Waals surface area contributed by atoms with E-state index >= 15 is 4.79 Å². The van der Waals surface area contributed by atoms with Crippen LogP contribution in [0.3, 0.4) is 0 Å². The van der Waals surface area contributed by atoms with Gasteiger partial charge < -0.3 is 163 Å². The third kappa shape index (κ3) is 14.3. The lowest BCUT2D eigenvalue weighted by Crippen LogP contribution is -2.67. The van der Waals surface area contributed by atoms with Crippen LogP contribution in [-0.2, 0) is 71.1 Å². The Morgan fingerprint density at radius 1 is 0.466 bits per heavy atom. The Bertz CT molecular complexity index is 2910. The number of carbonyl (C=O) groups excluding carboxylic acids is 1. The molecule has 12 aliphatic rings. The lowest BCUT2D eigenvalue weighted by molar-refractivity contribution is -0.394. The molecular formula is C69H112O34. The summed E-state index contributed by atoms with van der Waals surface area (Å²) in [6.45, 7) is 13.5. The first-order chi connectivity index (χ1) is 48.4. The van der Waals surface area contributed by atoms with Gasteiger partial charge in [0, 0.05) is 0 Å². The summed E-state index contributed by atoms with van der Waals surface area (Å²) in [5.41, 5.74) is -1.87. The molecule has 0 radical (unpaired) electrons. The van der Waals surface area contributed by atoms with Crippen LogP contribution in [0.1, 0.15) is 120 Å². The zero-order chi connectivity index (χ0) is 74.9. The lowest BCUT2D eigenvalue weighted by Gasteiger charge is -2.71. The minimum Gasteiger partial charge on any atom is -0.432 e. The van der Waals surface area contributed by atoms with E-state index in [9.17, 15) is 97.0 Å². The molecule has 11 fully saturated rings. The van der Waals surface area contributed by atoms with E-state index in [1.54, 1.807) is 0 Å². The highest BCUT2D eigenvalue weighted by Crippen LogP contribution is 2.76. The van der Waals surface area contributed by atoms with E-state index in [0.29, 0.717) is 51.4 Å². The maximum absolute atomic E-state index is 15.3. The Hall–Kier alpha value is -2.07. The van der Waals surface area contributed by atoms with Gasteiger partial charge in [0.15, 0.2) is 37.7 Å². The van der Waals surface area contributed by atoms with Gasteiger partial charge in [0.1, 0.15) is 146 Å². The topological polar surface area (TPSA) is 531 Å². The van der Waals surface area contributed by atoms with E-state index in [2.05, 4.69) is 54.5 Å². The molecular weight excluding hydrogens is 1370 g/mol. The van der Waals surface area contributed by atoms with Gasteiger partial charge in [-0.2, -0.15) is 0 Å². The SMILES string of the molecule is C[C@@H]1O[C@@H](O[C@H]2[C@H](O[C@H]3CC[C@]4(C)[C@H]5CC=C6[C@@H]7CC(C)(C)CC[C@]7(C(=O)O[C@@H]7O[C@H](CO[C@@H]8O[C@H](CO)[C@@H](O)[C@H](O)[C@H]8O)[C@@H](O)[C@H](O)[C@H]7O)CC[C@@]6(C)[C@]5(C)CC[C@H]4C3(C)C)OC[C@H](O)[C@@H]2O[C@@H]2OC[C@@H](O[C@@H]3O[C@H](CO)[C@@H](O)[C@H](O)[C@H]3O)[C@H](O)[C@H]2O)[C@H](O)[C@H](O[C@@H]2OC[C@@H](O)[C@H](O)[C@H]2O)[C@H]1O. The average molecular weight is 1490 g/mol. The van der Waals surface area contributed by atoms with E-state index < -0.39 is 265 Å². The van der Waals surface area contributed by atoms with Gasteiger partial charge in [-0.3, -0.25) is 4.79 Å². The van der Waals surface area contributed by atoms with Gasteiger partial charge in [-0.25, -0.2) is 0 Å². The van der Waals surface area contributed by atoms with Crippen LogP contribution in [-0.4, -0.2) is 345 Å². The van der Waals surface area contributed by atoms with E-state index in [1.165, 1.54) is 12.5 Å². The standard InChI is InChI=1S/C69H112O34/c1-26-38(74)54(101-57-47(83)39(75)29(72)22-90-57)52(88)61(94-26)102-55-53(100-58-48(84)43(79)34(25-93-58)97-59-50(86)45(81)41(77)32(21-71)96-59)30(73)23-91-62(55)99-37-12-13-66(6)35(65(37,4)5)11-14-68(8)36(66)10-9-27-28-19-64(2,3)15-17-69(28,18-16-67(27,68)7)63(89)103-60-51(87)46(82)42(78)33(98-60)24-92-56-49(85)44(80)40(76)31(20-70)95-56/h9,26,28-62,70-88H,10-25H2,1-8H3/t26-,28-,29+,30-,31+,32+,33+,34+,35-,36+,37-,38-,39-,40+,41+,42+,43-,44-,45-,46-,47+,48+,49+,50+,51+,52+,53-,54+,55+,56+,57-,58-,59-,60-,61-,62-,66-,67+,68+,69-/m0/s1. The Morgan fingerprint density at radius 3 is 1.66 bits per heavy atom. The van der Waals surface area contributed by atoms with Crippen molar-refractivity contribution >= 4 is 5.97 Å². The molecule has 12 rings (SSSR count). The summed E-state index contributed by atoms with van der Waals surface area (Å²) in [5.74, 6) is -0.838. The molecule has 40 atom stereocenters. The largest absolute Gasteiger partial charge is 0.432 e. The number of esters is 1. The summed E-state index contributed by atoms with van der Waals surface area (Å²) < 4.78 is 84.5. The van der Waals surface area contributed by atoms with Crippen LogP contribution in [0, 0.1) is 50.2 Å². The summed E-state index contributed by atoms with van der Waals surface area (Å²) in [4.78, 5) is 15.3. The maximum Gasteiger partial charge on any atom is 0.315 e. The molecule has 7 saturated heterocycles. The third-order valence-electron chi connectivity index (χ3n) is 26.5. The summed E-state index contributed by atoms with van der Waals surface area (Å²) in [6, 6.07) is 0. The second-order valence-electron chi connectivity index (χ2n) is 33.4. The van der Waals surface area contributed by atoms with E-state index in [4.69, 9.17) is 66.3 Å². The normalized spacial score (nSPS) is 54.3. The molecule has 0 aromatic rings. The Kier molecular flexibility index (Phi) is 23.9. The third-order valence-corrected chi connectivity index (χ3v) is 26.5. The van der Waals surface area contributed by atoms with Crippen molar-refractivity contribution in [1.82, 2.24) is 0 Å². The predicted octanol–water partition coefficient (Wildman–Crippen LogP) is -5.62. The highest BCUT2D eigenvalue weighted by atomic mass is 16.8. The molecule has 103 heavy (non-hydrogen) atoms. The van der Waals surface area contributed by atoms with Crippen LogP contribution in [0.4, 0.5) is 0 Å². The molecule has 4 saturated carbocycles. The number of carbonyl (C=O) groups is 1. The van der Waals surface area contributed by atoms with Crippen molar-refractivity contribution in [1.29, 1.82) is 0 Å². The number of rotatable bonds is 17. The molecule has 0 aromatic heterocycles. The van der Waals surface area contributed by atoms with Crippen LogP contribution >= 0.6 is 0 Å². The van der Waals surface area contributed by atoms with E-state index in [1.807, 2.05) is 0 Å². The van der Waals surface area contributed by atoms with Crippen LogP contribution < -0.4 is 0 Å². The highest BCUT2D eigenvalue weighted by Gasteiger charge is 2.71. The van der Waals surface area contributed by atoms with Crippen molar-refractivity contribution in [3.8, 4) is 0 Å². The highest BCUT2D eigenvalue weighted by molar-refractivity contribution is 5.79. The van der Waals surface area contributed by atoms with Crippen molar-refractivity contribution in [3.63, 3.8) is 0 Å². The monoisotopic (exact) mass is 1480 g/mol. The second kappa shape index (κ2) is 30.5. The molecule has 0 spiro atoms. The number of allylic oxidation sites excluding steroid dienone is 2. The molecule has 592 valence electrons. The van der Waals surface area contributed by atoms with Crippen molar-refractivity contribution in [3.05, 3.63) is 11.6 Å². The maximum atomic E-state index is 15.3. The van der Waals surface area contributed by atoms with Crippen molar-refractivity contribution < 1.29 is 168 Å². The number of aliphatic hydroxyl groups excluding tert-OH is 19. The smallest absolute Gasteiger partial charge is 0.315 e. The van der Waals surface area contributed by atoms with Crippen molar-refractivity contribution in [2.45, 2.75) is 322 Å². The van der Waals surface area contributed by atoms with Crippen molar-refractivity contribution in [2.24, 2.45) is 50.2 Å². The zero-order valence-electron chi connectivity index (χ0n) is 59.3. The molecule has 7 aliphatic heterocycles. The second-order valence-corrected chi connectivity index (χ2v) is 33.4. The Labute approximate surface area is 596 Å². The fourth-order valence-electron chi connectivity index (χ4n) is 19.9. The van der Waals surface area contributed by atoms with E-state index in [0.717, 1.165) is 12.8 Å². The first kappa shape index (κ1) is 80.4. The molecule has 0 bridgehead atoms. The number of hydrogen-bond acceptors (Lipinski definition) is 34. The minimum atomic E-state index is -1.98. The summed E-state index contributed by atoms with van der Waals surface area (Å²) in [5, 5.41) is 206. The molecule has 0 unspecified atom stereocenters. The Morgan fingerprint density at radius 2 is 1.00 bits per heavy atom. The van der Waals surface area contributed by atoms with Crippen LogP contribution in [0.2, 0.25) is 0 Å². The Balaban J connectivity index is 0.774. The lowest BCUT2D eigenvalue weighted by atomic mass is 9.33. The van der Waals surface area contributed by atoms with Gasteiger partial charge in [-0.1, -0.05) is 60.1 Å². The first-order valence-electron chi connectivity index (χ1n) is 36.4. The summed E-state index contributed by atoms with van der Waals surface area (Å²) >= 11 is 0. The number of hydrogen-bond donors (Lipinski definition) is 19. The molecule has 19 N–H and O–H groups in total. The van der Waals surface area contributed by atoms with Gasteiger partial charge in [0.25, 0.3) is 0 Å². The number of ether oxygens (including phenoxy) is 14. The number of aliphatic hydroxyl groups is 19. The van der Waals surface area contributed by atoms with Crippen LogP contribution in [0.25, 0.3) is 0 Å². The van der Waals surface area contributed by atoms with E-state index in [-0.39, 0.29) is 34.0 Å². The zero-order valence-corrected chi connectivity index (χ0v) is 59.3. The van der Waals surface area contributed by atoms with Crippen LogP contribution in [0.5, 0.6) is 0 Å². The van der Waals surface area contributed by atoms with Gasteiger partial charge >= 0.3 is 5.97 Å². The molecule has 5 aliphatic carbocycles. The van der Waals surface area contributed by atoms with Gasteiger partial charge in [-0.15, -0.1) is 0 Å². The predicted molar refractivity (Wildman–Crippen MR) is 341 cm³/mol. The fourth-order valence-corrected chi connectivity index (χ4v) is 19.9. The fraction of sp³-hybridized carbons (Fsp3) is 0.957. The minimum absolute atomic E-state index is 0.00406. The molecule has 0 amide bonds. The average Bonchev–Trinajstić information content (AvgIpc) is 0.675. The van der Waals surface area contributed by atoms with Crippen molar-refractivity contribution in [2.75, 3.05) is 39.6 Å². The number of fused-ring (bicyclic) bond motifs is 7. The molecule has 0 aromatic carbocycles. The molecule has 34 nitrogen and oxygen atoms in total. The van der Waals surface area contributed by atoms with Gasteiger partial charge in [0.2, 0.25) is 6.29 Å². The van der Waals surface area contributed by atoms with Crippen LogP contribution in [0.15, 0.2) is 11.6 Å².